The van der Waals surface area contributed by atoms with E-state index in [-0.39, 0.29) is 24.0 Å². The van der Waals surface area contributed by atoms with Crippen LogP contribution < -0.4 is 9.64 Å². The van der Waals surface area contributed by atoms with Crippen molar-refractivity contribution in [2.24, 2.45) is 0 Å². The summed E-state index contributed by atoms with van der Waals surface area (Å²) >= 11 is 4.70. The summed E-state index contributed by atoms with van der Waals surface area (Å²) in [6.45, 7) is 2.23. The number of hydrogen-bond donors (Lipinski definition) is 0. The molecule has 1 aromatic carbocycles. The predicted octanol–water partition coefficient (Wildman–Crippen LogP) is 1.82. The molecule has 24 heavy (non-hydrogen) atoms. The Labute approximate surface area is 141 Å². The number of benzene rings is 1. The van der Waals surface area contributed by atoms with Crippen LogP contribution in [0.4, 0.5) is 14.5 Å². The fraction of sp³-hybridized carbons (Fsp3) is 0.467. The molecule has 0 saturated carbocycles. The number of amides is 2. The molecular formula is C15H15ClF2N2O4. The van der Waals surface area contributed by atoms with E-state index < -0.39 is 11.6 Å². The van der Waals surface area contributed by atoms with Gasteiger partial charge in [0.1, 0.15) is 5.75 Å². The lowest BCUT2D eigenvalue weighted by atomic mass is 10.2. The second kappa shape index (κ2) is 6.62. The molecule has 0 unspecified atom stereocenters. The van der Waals surface area contributed by atoms with Crippen molar-refractivity contribution < 1.29 is 27.8 Å². The summed E-state index contributed by atoms with van der Waals surface area (Å²) in [5.41, 5.74) is -3.51. The number of nitrogens with zero attached hydrogens (tertiary/aromatic N) is 2. The molecule has 2 aliphatic heterocycles. The largest absolute Gasteiger partial charge is 0.487 e. The Bertz CT molecular complexity index is 629. The number of imide groups is 1. The number of carbonyl (C=O) groups excluding carboxylic acids is 2. The molecule has 2 amide bonds. The zero-order valence-corrected chi connectivity index (χ0v) is 13.3. The van der Waals surface area contributed by atoms with Gasteiger partial charge in [0.05, 0.1) is 31.4 Å². The fourth-order valence-corrected chi connectivity index (χ4v) is 2.95. The second-order valence-electron chi connectivity index (χ2n) is 5.48. The third kappa shape index (κ3) is 3.66. The lowest BCUT2D eigenvalue weighted by molar-refractivity contribution is -0.123. The molecule has 0 aromatic heterocycles. The fourth-order valence-electron chi connectivity index (χ4n) is 2.86. The number of rotatable bonds is 4. The summed E-state index contributed by atoms with van der Waals surface area (Å²) < 4.78 is 34.7. The molecule has 6 nitrogen and oxygen atoms in total. The summed E-state index contributed by atoms with van der Waals surface area (Å²) in [5.74, 6) is -0.811. The maximum Gasteiger partial charge on any atom is 0.487 e. The van der Waals surface area contributed by atoms with Crippen LogP contribution >= 0.6 is 11.6 Å². The quantitative estimate of drug-likeness (QED) is 0.605. The first-order valence-corrected chi connectivity index (χ1v) is 7.77. The van der Waals surface area contributed by atoms with E-state index in [4.69, 9.17) is 16.3 Å². The molecule has 9 heteroatoms. The summed E-state index contributed by atoms with van der Waals surface area (Å²) in [4.78, 5) is 27.8. The summed E-state index contributed by atoms with van der Waals surface area (Å²) in [6.07, 6.45) is 0.0941. The Morgan fingerprint density at radius 1 is 1.17 bits per heavy atom. The normalized spacial score (nSPS) is 23.0. The molecule has 2 saturated heterocycles. The molecule has 0 N–H and O–H groups in total. The van der Waals surface area contributed by atoms with Crippen molar-refractivity contribution in [1.82, 2.24) is 4.90 Å². The van der Waals surface area contributed by atoms with Gasteiger partial charge < -0.3 is 9.47 Å². The zero-order valence-electron chi connectivity index (χ0n) is 12.6. The Morgan fingerprint density at radius 2 is 1.79 bits per heavy atom. The number of hydrogen-bond acceptors (Lipinski definition) is 5. The van der Waals surface area contributed by atoms with Crippen molar-refractivity contribution >= 4 is 29.1 Å². The molecule has 0 spiro atoms. The average Bonchev–Trinajstić information content (AvgIpc) is 2.83. The molecule has 3 rings (SSSR count). The first-order valence-electron chi connectivity index (χ1n) is 7.39. The highest BCUT2D eigenvalue weighted by molar-refractivity contribution is 6.22. The molecule has 2 heterocycles. The van der Waals surface area contributed by atoms with Crippen LogP contribution in [-0.2, 0) is 14.3 Å². The number of anilines is 1. The topological polar surface area (TPSA) is 59.1 Å². The van der Waals surface area contributed by atoms with Gasteiger partial charge in [-0.05, 0) is 24.3 Å². The SMILES string of the molecule is O=C1C[C@H](N2CCOCC2)C(=O)N1c1ccc(OC(F)(F)Cl)cc1. The van der Waals surface area contributed by atoms with E-state index in [9.17, 15) is 18.4 Å². The third-order valence-electron chi connectivity index (χ3n) is 3.94. The highest BCUT2D eigenvalue weighted by atomic mass is 35.5. The van der Waals surface area contributed by atoms with Gasteiger partial charge >= 0.3 is 5.57 Å². The van der Waals surface area contributed by atoms with Crippen LogP contribution in [0.25, 0.3) is 0 Å². The van der Waals surface area contributed by atoms with Gasteiger partial charge in [0, 0.05) is 24.7 Å². The second-order valence-corrected chi connectivity index (χ2v) is 5.92. The highest BCUT2D eigenvalue weighted by Crippen LogP contribution is 2.30. The van der Waals surface area contributed by atoms with Gasteiger partial charge in [-0.2, -0.15) is 0 Å². The summed E-state index contributed by atoms with van der Waals surface area (Å²) in [7, 11) is 0. The van der Waals surface area contributed by atoms with Crippen LogP contribution in [0.2, 0.25) is 0 Å². The smallest absolute Gasteiger partial charge is 0.420 e. The Kier molecular flexibility index (Phi) is 4.71. The van der Waals surface area contributed by atoms with Crippen molar-refractivity contribution in [2.75, 3.05) is 31.2 Å². The monoisotopic (exact) mass is 360 g/mol. The molecule has 1 aromatic rings. The van der Waals surface area contributed by atoms with Crippen molar-refractivity contribution in [3.63, 3.8) is 0 Å². The van der Waals surface area contributed by atoms with Crippen molar-refractivity contribution in [2.45, 2.75) is 18.0 Å². The van der Waals surface area contributed by atoms with Gasteiger partial charge in [0.2, 0.25) is 5.91 Å². The molecule has 0 bridgehead atoms. The first-order chi connectivity index (χ1) is 11.3. The number of halogens is 3. The van der Waals surface area contributed by atoms with Crippen LogP contribution in [0.3, 0.4) is 0 Å². The number of morpholine rings is 1. The maximum atomic E-state index is 12.6. The number of alkyl halides is 3. The number of ether oxygens (including phenoxy) is 2. The van der Waals surface area contributed by atoms with Gasteiger partial charge in [-0.25, -0.2) is 4.90 Å². The Morgan fingerprint density at radius 3 is 2.38 bits per heavy atom. The summed E-state index contributed by atoms with van der Waals surface area (Å²) in [5, 5.41) is 0. The molecule has 0 aliphatic carbocycles. The van der Waals surface area contributed by atoms with E-state index in [0.29, 0.717) is 32.0 Å². The molecule has 130 valence electrons. The minimum Gasteiger partial charge on any atom is -0.420 e. The predicted molar refractivity (Wildman–Crippen MR) is 81.2 cm³/mol. The van der Waals surface area contributed by atoms with Gasteiger partial charge in [0.25, 0.3) is 5.91 Å². The standard InChI is InChI=1S/C15H15ClF2N2O4/c16-15(17,18)24-11-3-1-10(2-4-11)20-13(21)9-12(14(20)22)19-5-7-23-8-6-19/h1-4,12H,5-9H2/t12-/m0/s1. The maximum absolute atomic E-state index is 12.6. The van der Waals surface area contributed by atoms with Crippen LogP contribution in [0, 0.1) is 0 Å². The lowest BCUT2D eigenvalue weighted by Gasteiger charge is -2.30. The van der Waals surface area contributed by atoms with E-state index in [1.165, 1.54) is 24.3 Å². The molecular weight excluding hydrogens is 346 g/mol. The van der Waals surface area contributed by atoms with Gasteiger partial charge in [-0.15, -0.1) is 8.78 Å². The lowest BCUT2D eigenvalue weighted by Crippen LogP contribution is -2.47. The Balaban J connectivity index is 1.74. The molecule has 0 radical (unpaired) electrons. The Hall–Kier alpha value is -1.77. The highest BCUT2D eigenvalue weighted by Gasteiger charge is 2.43. The minimum absolute atomic E-state index is 0.0941. The van der Waals surface area contributed by atoms with Crippen LogP contribution in [0.1, 0.15) is 6.42 Å². The first kappa shape index (κ1) is 17.1. The van der Waals surface area contributed by atoms with E-state index in [1.54, 1.807) is 0 Å². The van der Waals surface area contributed by atoms with Gasteiger partial charge in [-0.3, -0.25) is 14.5 Å². The zero-order chi connectivity index (χ0) is 17.3. The minimum atomic E-state index is -3.82. The molecule has 2 fully saturated rings. The summed E-state index contributed by atoms with van der Waals surface area (Å²) in [6, 6.07) is 4.69. The third-order valence-corrected chi connectivity index (χ3v) is 4.01. The van der Waals surface area contributed by atoms with Crippen molar-refractivity contribution in [3.8, 4) is 5.75 Å². The molecule has 1 atom stereocenters. The van der Waals surface area contributed by atoms with Crippen molar-refractivity contribution in [3.05, 3.63) is 24.3 Å². The van der Waals surface area contributed by atoms with Gasteiger partial charge in [-0.1, -0.05) is 0 Å². The van der Waals surface area contributed by atoms with Crippen LogP contribution in [0.15, 0.2) is 24.3 Å². The number of carbonyl (C=O) groups is 2. The van der Waals surface area contributed by atoms with E-state index in [1.807, 2.05) is 4.90 Å². The average molecular weight is 361 g/mol. The van der Waals surface area contributed by atoms with E-state index in [2.05, 4.69) is 4.74 Å². The van der Waals surface area contributed by atoms with Gasteiger partial charge in [0.15, 0.2) is 0 Å². The van der Waals surface area contributed by atoms with Crippen LogP contribution in [-0.4, -0.2) is 54.6 Å². The molecule has 2 aliphatic rings. The van der Waals surface area contributed by atoms with Crippen molar-refractivity contribution in [1.29, 1.82) is 0 Å². The van der Waals surface area contributed by atoms with E-state index >= 15 is 0 Å². The van der Waals surface area contributed by atoms with E-state index in [0.717, 1.165) is 4.90 Å². The van der Waals surface area contributed by atoms with Crippen LogP contribution in [0.5, 0.6) is 5.75 Å².